The van der Waals surface area contributed by atoms with Crippen LogP contribution in [0.15, 0.2) is 47.6 Å². The summed E-state index contributed by atoms with van der Waals surface area (Å²) in [4.78, 5) is 10.6. The number of methoxy groups -OCH3 is 1. The molecular weight excluding hydrogens is 316 g/mol. The number of nitrogens with zero attached hydrogens (tertiary/aromatic N) is 4. The van der Waals surface area contributed by atoms with E-state index in [1.165, 1.54) is 11.4 Å². The van der Waals surface area contributed by atoms with Crippen LogP contribution in [0.4, 0.5) is 5.95 Å². The number of ether oxygens (including phenoxy) is 1. The van der Waals surface area contributed by atoms with E-state index in [4.69, 9.17) is 4.74 Å². The first-order chi connectivity index (χ1) is 11.1. The van der Waals surface area contributed by atoms with Crippen molar-refractivity contribution in [3.05, 3.63) is 42.7 Å². The number of hydrogen-bond donors (Lipinski definition) is 0. The number of aromatic nitrogens is 2. The van der Waals surface area contributed by atoms with Gasteiger partial charge in [0.15, 0.2) is 0 Å². The van der Waals surface area contributed by atoms with Crippen LogP contribution in [0.25, 0.3) is 0 Å². The number of hydrogen-bond acceptors (Lipinski definition) is 6. The van der Waals surface area contributed by atoms with Crippen LogP contribution in [0.5, 0.6) is 5.75 Å². The number of rotatable bonds is 4. The minimum atomic E-state index is -3.51. The molecule has 122 valence electrons. The molecular formula is C15H18N4O3S. The van der Waals surface area contributed by atoms with Crippen molar-refractivity contribution in [3.63, 3.8) is 0 Å². The van der Waals surface area contributed by atoms with E-state index in [1.54, 1.807) is 42.7 Å². The molecule has 2 heterocycles. The molecule has 0 unspecified atom stereocenters. The van der Waals surface area contributed by atoms with Gasteiger partial charge < -0.3 is 9.64 Å². The molecule has 8 heteroatoms. The van der Waals surface area contributed by atoms with Gasteiger partial charge in [-0.3, -0.25) is 0 Å². The lowest BCUT2D eigenvalue weighted by atomic mass is 10.3. The Labute approximate surface area is 135 Å². The molecule has 0 atom stereocenters. The highest BCUT2D eigenvalue weighted by molar-refractivity contribution is 7.89. The zero-order valence-corrected chi connectivity index (χ0v) is 13.6. The molecule has 3 rings (SSSR count). The van der Waals surface area contributed by atoms with E-state index in [-0.39, 0.29) is 4.90 Å². The van der Waals surface area contributed by atoms with Crippen LogP contribution >= 0.6 is 0 Å². The van der Waals surface area contributed by atoms with Gasteiger partial charge in [0.25, 0.3) is 0 Å². The van der Waals surface area contributed by atoms with Gasteiger partial charge in [-0.1, -0.05) is 6.07 Å². The average Bonchev–Trinajstić information content (AvgIpc) is 2.62. The Balaban J connectivity index is 1.73. The molecule has 2 aromatic rings. The Kier molecular flexibility index (Phi) is 4.44. The lowest BCUT2D eigenvalue weighted by Crippen LogP contribution is -2.49. The van der Waals surface area contributed by atoms with Crippen molar-refractivity contribution in [2.45, 2.75) is 4.90 Å². The second-order valence-corrected chi connectivity index (χ2v) is 7.06. The predicted octanol–water partition coefficient (Wildman–Crippen LogP) is 0.996. The number of benzene rings is 1. The van der Waals surface area contributed by atoms with Gasteiger partial charge in [0, 0.05) is 44.6 Å². The molecule has 1 fully saturated rings. The molecule has 23 heavy (non-hydrogen) atoms. The van der Waals surface area contributed by atoms with Gasteiger partial charge in [0.1, 0.15) is 5.75 Å². The maximum atomic E-state index is 12.7. The third-order valence-corrected chi connectivity index (χ3v) is 5.65. The van der Waals surface area contributed by atoms with Crippen LogP contribution in [0, 0.1) is 0 Å². The molecule has 1 aromatic heterocycles. The van der Waals surface area contributed by atoms with Crippen LogP contribution in [-0.4, -0.2) is 56.0 Å². The molecule has 0 aliphatic carbocycles. The van der Waals surface area contributed by atoms with E-state index in [9.17, 15) is 8.42 Å². The van der Waals surface area contributed by atoms with E-state index in [1.807, 2.05) is 4.90 Å². The van der Waals surface area contributed by atoms with E-state index >= 15 is 0 Å². The smallest absolute Gasteiger partial charge is 0.243 e. The molecule has 1 aliphatic rings. The summed E-state index contributed by atoms with van der Waals surface area (Å²) in [7, 11) is -2.00. The maximum absolute atomic E-state index is 12.7. The van der Waals surface area contributed by atoms with Crippen LogP contribution in [-0.2, 0) is 10.0 Å². The molecule has 0 N–H and O–H groups in total. The number of anilines is 1. The summed E-state index contributed by atoms with van der Waals surface area (Å²) in [5, 5.41) is 0. The fourth-order valence-corrected chi connectivity index (χ4v) is 3.95. The lowest BCUT2D eigenvalue weighted by molar-refractivity contribution is 0.381. The summed E-state index contributed by atoms with van der Waals surface area (Å²) in [6.07, 6.45) is 3.36. The molecule has 1 aromatic carbocycles. The van der Waals surface area contributed by atoms with Gasteiger partial charge in [0.05, 0.1) is 12.0 Å². The number of piperazine rings is 1. The first kappa shape index (κ1) is 15.7. The Morgan fingerprint density at radius 3 is 2.39 bits per heavy atom. The molecule has 7 nitrogen and oxygen atoms in total. The van der Waals surface area contributed by atoms with Crippen LogP contribution in [0.1, 0.15) is 0 Å². The molecule has 1 aliphatic heterocycles. The Morgan fingerprint density at radius 2 is 1.74 bits per heavy atom. The third kappa shape index (κ3) is 3.27. The summed E-state index contributed by atoms with van der Waals surface area (Å²) in [6.45, 7) is 1.93. The number of sulfonamides is 1. The second-order valence-electron chi connectivity index (χ2n) is 5.12. The Hall–Kier alpha value is -2.19. The van der Waals surface area contributed by atoms with E-state index < -0.39 is 10.0 Å². The Bertz CT molecular complexity index is 759. The molecule has 0 spiro atoms. The molecule has 0 amide bonds. The highest BCUT2D eigenvalue weighted by atomic mass is 32.2. The molecule has 1 saturated heterocycles. The van der Waals surface area contributed by atoms with Crippen molar-refractivity contribution in [2.24, 2.45) is 0 Å². The van der Waals surface area contributed by atoms with Crippen molar-refractivity contribution in [3.8, 4) is 5.75 Å². The summed E-state index contributed by atoms with van der Waals surface area (Å²) in [6, 6.07) is 8.29. The SMILES string of the molecule is COc1cccc(S(=O)(=O)N2CCN(c3ncccn3)CC2)c1. The van der Waals surface area contributed by atoms with Crippen molar-refractivity contribution < 1.29 is 13.2 Å². The van der Waals surface area contributed by atoms with Crippen LogP contribution in [0.2, 0.25) is 0 Å². The van der Waals surface area contributed by atoms with Gasteiger partial charge in [-0.2, -0.15) is 4.31 Å². The van der Waals surface area contributed by atoms with Gasteiger partial charge in [0.2, 0.25) is 16.0 Å². The van der Waals surface area contributed by atoms with E-state index in [0.717, 1.165) is 0 Å². The van der Waals surface area contributed by atoms with Crippen molar-refractivity contribution >= 4 is 16.0 Å². The first-order valence-corrected chi connectivity index (χ1v) is 8.71. The molecule has 0 radical (unpaired) electrons. The quantitative estimate of drug-likeness (QED) is 0.830. The highest BCUT2D eigenvalue weighted by Gasteiger charge is 2.29. The fourth-order valence-electron chi connectivity index (χ4n) is 2.49. The van der Waals surface area contributed by atoms with Gasteiger partial charge >= 0.3 is 0 Å². The van der Waals surface area contributed by atoms with Gasteiger partial charge in [-0.15, -0.1) is 0 Å². The van der Waals surface area contributed by atoms with E-state index in [2.05, 4.69) is 9.97 Å². The minimum absolute atomic E-state index is 0.251. The zero-order chi connectivity index (χ0) is 16.3. The van der Waals surface area contributed by atoms with Gasteiger partial charge in [-0.05, 0) is 18.2 Å². The standard InChI is InChI=1S/C15H18N4O3S/c1-22-13-4-2-5-14(12-13)23(20,21)19-10-8-18(9-11-19)15-16-6-3-7-17-15/h2-7,12H,8-11H2,1H3. The molecule has 0 bridgehead atoms. The summed E-state index contributed by atoms with van der Waals surface area (Å²) in [5.74, 6) is 1.16. The summed E-state index contributed by atoms with van der Waals surface area (Å²) < 4.78 is 32.0. The largest absolute Gasteiger partial charge is 0.497 e. The first-order valence-electron chi connectivity index (χ1n) is 7.27. The maximum Gasteiger partial charge on any atom is 0.243 e. The van der Waals surface area contributed by atoms with Crippen molar-refractivity contribution in [1.82, 2.24) is 14.3 Å². The average molecular weight is 334 g/mol. The highest BCUT2D eigenvalue weighted by Crippen LogP contribution is 2.22. The third-order valence-electron chi connectivity index (χ3n) is 3.75. The topological polar surface area (TPSA) is 75.6 Å². The van der Waals surface area contributed by atoms with Crippen molar-refractivity contribution in [2.75, 3.05) is 38.2 Å². The monoisotopic (exact) mass is 334 g/mol. The fraction of sp³-hybridized carbons (Fsp3) is 0.333. The van der Waals surface area contributed by atoms with Crippen LogP contribution < -0.4 is 9.64 Å². The Morgan fingerprint density at radius 1 is 1.04 bits per heavy atom. The summed E-state index contributed by atoms with van der Waals surface area (Å²) in [5.41, 5.74) is 0. The summed E-state index contributed by atoms with van der Waals surface area (Å²) >= 11 is 0. The lowest BCUT2D eigenvalue weighted by Gasteiger charge is -2.33. The zero-order valence-electron chi connectivity index (χ0n) is 12.8. The second kappa shape index (κ2) is 6.51. The minimum Gasteiger partial charge on any atom is -0.497 e. The van der Waals surface area contributed by atoms with Crippen LogP contribution in [0.3, 0.4) is 0 Å². The van der Waals surface area contributed by atoms with E-state index in [0.29, 0.717) is 37.9 Å². The molecule has 0 saturated carbocycles. The van der Waals surface area contributed by atoms with Gasteiger partial charge in [-0.25, -0.2) is 18.4 Å². The van der Waals surface area contributed by atoms with Crippen molar-refractivity contribution in [1.29, 1.82) is 0 Å². The normalized spacial score (nSPS) is 16.3. The predicted molar refractivity (Wildman–Crippen MR) is 86.0 cm³/mol.